The summed E-state index contributed by atoms with van der Waals surface area (Å²) in [6, 6.07) is 20.3. The standard InChI is InChI=1S/C21H25N2/c1-23(16-17-9-3-2-4-10-17)14-8-7-13-21(23)19-15-22-20-12-6-5-11-18(19)20/h2-6,9-12,15,21-22H,7-8,13-14,16H2,1H3/q+1/t21-,23+/m1/s1. The van der Waals surface area contributed by atoms with Crippen LogP contribution in [0.5, 0.6) is 0 Å². The number of aromatic nitrogens is 1. The lowest BCUT2D eigenvalue weighted by atomic mass is 9.91. The summed E-state index contributed by atoms with van der Waals surface area (Å²) in [6.07, 6.45) is 6.21. The highest BCUT2D eigenvalue weighted by molar-refractivity contribution is 5.83. The van der Waals surface area contributed by atoms with Crippen molar-refractivity contribution in [1.82, 2.24) is 4.98 Å². The van der Waals surface area contributed by atoms with Crippen molar-refractivity contribution < 1.29 is 4.48 Å². The van der Waals surface area contributed by atoms with Crippen LogP contribution in [0, 0.1) is 0 Å². The summed E-state index contributed by atoms with van der Waals surface area (Å²) >= 11 is 0. The number of hydrogen-bond acceptors (Lipinski definition) is 0. The van der Waals surface area contributed by atoms with E-state index in [1.807, 2.05) is 0 Å². The maximum Gasteiger partial charge on any atom is 0.117 e. The number of quaternary nitrogens is 1. The molecule has 2 atom stereocenters. The van der Waals surface area contributed by atoms with Crippen molar-refractivity contribution in [2.45, 2.75) is 31.8 Å². The van der Waals surface area contributed by atoms with Gasteiger partial charge in [0.25, 0.3) is 0 Å². The minimum atomic E-state index is 0.583. The highest BCUT2D eigenvalue weighted by atomic mass is 15.4. The molecule has 2 heterocycles. The zero-order valence-electron chi connectivity index (χ0n) is 13.8. The minimum Gasteiger partial charge on any atom is -0.361 e. The van der Waals surface area contributed by atoms with Gasteiger partial charge >= 0.3 is 0 Å². The molecule has 118 valence electrons. The molecule has 1 saturated heterocycles. The summed E-state index contributed by atoms with van der Waals surface area (Å²) in [5, 5.41) is 1.40. The normalized spacial score (nSPS) is 24.8. The Morgan fingerprint density at radius 1 is 1.00 bits per heavy atom. The first-order valence-electron chi connectivity index (χ1n) is 8.70. The molecule has 1 N–H and O–H groups in total. The van der Waals surface area contributed by atoms with Crippen LogP contribution in [0.1, 0.15) is 36.4 Å². The van der Waals surface area contributed by atoms with Crippen molar-refractivity contribution in [2.75, 3.05) is 13.6 Å². The molecule has 2 nitrogen and oxygen atoms in total. The van der Waals surface area contributed by atoms with Gasteiger partial charge in [0, 0.05) is 34.6 Å². The van der Waals surface area contributed by atoms with E-state index in [2.05, 4.69) is 72.8 Å². The smallest absolute Gasteiger partial charge is 0.117 e. The Hall–Kier alpha value is -2.06. The topological polar surface area (TPSA) is 15.8 Å². The van der Waals surface area contributed by atoms with Crippen molar-refractivity contribution in [3.05, 3.63) is 71.9 Å². The van der Waals surface area contributed by atoms with Gasteiger partial charge in [0.1, 0.15) is 12.6 Å². The molecule has 0 spiro atoms. The Balaban J connectivity index is 1.73. The summed E-state index contributed by atoms with van der Waals surface area (Å²) in [5.41, 5.74) is 4.21. The maximum atomic E-state index is 3.48. The fourth-order valence-electron chi connectivity index (χ4n) is 4.33. The van der Waals surface area contributed by atoms with Gasteiger partial charge in [0.15, 0.2) is 0 Å². The lowest BCUT2D eigenvalue weighted by Crippen LogP contribution is -2.49. The number of likely N-dealkylation sites (tertiary alicyclic amines) is 1. The lowest BCUT2D eigenvalue weighted by molar-refractivity contribution is -0.956. The average Bonchev–Trinajstić information content (AvgIpc) is 3.00. The first kappa shape index (κ1) is 14.5. The van der Waals surface area contributed by atoms with Gasteiger partial charge in [-0.25, -0.2) is 0 Å². The molecule has 0 aliphatic carbocycles. The largest absolute Gasteiger partial charge is 0.361 e. The van der Waals surface area contributed by atoms with Crippen LogP contribution in [0.15, 0.2) is 60.8 Å². The van der Waals surface area contributed by atoms with Crippen LogP contribution in [0.2, 0.25) is 0 Å². The van der Waals surface area contributed by atoms with E-state index < -0.39 is 0 Å². The molecular formula is C21H25N2+. The number of para-hydroxylation sites is 1. The van der Waals surface area contributed by atoms with Crippen molar-refractivity contribution in [3.63, 3.8) is 0 Å². The first-order valence-corrected chi connectivity index (χ1v) is 8.70. The number of piperidine rings is 1. The SMILES string of the molecule is C[N@@+]1(Cc2ccccc2)CCCC[C@@H]1c1c[nH]c2ccccc12. The molecule has 0 saturated carbocycles. The predicted octanol–water partition coefficient (Wildman–Crippen LogP) is 5.04. The monoisotopic (exact) mass is 305 g/mol. The minimum absolute atomic E-state index is 0.583. The van der Waals surface area contributed by atoms with Crippen LogP contribution in [-0.2, 0) is 6.54 Å². The fourth-order valence-corrected chi connectivity index (χ4v) is 4.33. The van der Waals surface area contributed by atoms with E-state index in [0.717, 1.165) is 11.0 Å². The molecule has 4 rings (SSSR count). The van der Waals surface area contributed by atoms with Gasteiger partial charge in [0.2, 0.25) is 0 Å². The van der Waals surface area contributed by atoms with Crippen LogP contribution in [0.25, 0.3) is 10.9 Å². The molecule has 0 radical (unpaired) electrons. The van der Waals surface area contributed by atoms with Crippen LogP contribution >= 0.6 is 0 Å². The van der Waals surface area contributed by atoms with Crippen LogP contribution in [0.4, 0.5) is 0 Å². The number of H-pyrrole nitrogens is 1. The second kappa shape index (κ2) is 5.86. The Labute approximate surface area is 138 Å². The first-order chi connectivity index (χ1) is 11.3. The van der Waals surface area contributed by atoms with Gasteiger partial charge in [-0.1, -0.05) is 48.5 Å². The summed E-state index contributed by atoms with van der Waals surface area (Å²) in [5.74, 6) is 0. The summed E-state index contributed by atoms with van der Waals surface area (Å²) in [4.78, 5) is 3.48. The molecule has 0 amide bonds. The van der Waals surface area contributed by atoms with Gasteiger partial charge in [0.05, 0.1) is 13.6 Å². The molecule has 1 aromatic heterocycles. The molecule has 2 aromatic carbocycles. The summed E-state index contributed by atoms with van der Waals surface area (Å²) in [6.45, 7) is 2.38. The zero-order chi connectivity index (χ0) is 15.7. The number of hydrogen-bond donors (Lipinski definition) is 1. The molecule has 0 unspecified atom stereocenters. The number of rotatable bonds is 3. The van der Waals surface area contributed by atoms with Crippen molar-refractivity contribution in [3.8, 4) is 0 Å². The number of fused-ring (bicyclic) bond motifs is 1. The second-order valence-corrected chi connectivity index (χ2v) is 7.15. The molecular weight excluding hydrogens is 280 g/mol. The van der Waals surface area contributed by atoms with E-state index in [1.54, 1.807) is 0 Å². The fraction of sp³-hybridized carbons (Fsp3) is 0.333. The lowest BCUT2D eigenvalue weighted by Gasteiger charge is -2.45. The van der Waals surface area contributed by atoms with Crippen molar-refractivity contribution in [1.29, 1.82) is 0 Å². The van der Waals surface area contributed by atoms with E-state index in [9.17, 15) is 0 Å². The molecule has 23 heavy (non-hydrogen) atoms. The molecule has 0 bridgehead atoms. The Morgan fingerprint density at radius 3 is 2.65 bits per heavy atom. The molecule has 1 aliphatic heterocycles. The highest BCUT2D eigenvalue weighted by Crippen LogP contribution is 2.40. The molecule has 3 aromatic rings. The summed E-state index contributed by atoms with van der Waals surface area (Å²) < 4.78 is 1.12. The predicted molar refractivity (Wildman–Crippen MR) is 96.1 cm³/mol. The van der Waals surface area contributed by atoms with Crippen LogP contribution in [-0.4, -0.2) is 23.1 Å². The summed E-state index contributed by atoms with van der Waals surface area (Å²) in [7, 11) is 2.44. The third kappa shape index (κ3) is 2.68. The van der Waals surface area contributed by atoms with Gasteiger partial charge in [-0.05, 0) is 18.9 Å². The average molecular weight is 305 g/mol. The van der Waals surface area contributed by atoms with Gasteiger partial charge in [-0.15, -0.1) is 0 Å². The Bertz CT molecular complexity index is 790. The van der Waals surface area contributed by atoms with Gasteiger partial charge in [-0.2, -0.15) is 0 Å². The van der Waals surface area contributed by atoms with Gasteiger partial charge < -0.3 is 9.47 Å². The van der Waals surface area contributed by atoms with Crippen molar-refractivity contribution >= 4 is 10.9 Å². The number of nitrogens with one attached hydrogen (secondary N) is 1. The van der Waals surface area contributed by atoms with Crippen molar-refractivity contribution in [2.24, 2.45) is 0 Å². The molecule has 1 aliphatic rings. The number of nitrogens with zero attached hydrogens (tertiary/aromatic N) is 1. The third-order valence-corrected chi connectivity index (χ3v) is 5.52. The Kier molecular flexibility index (Phi) is 3.70. The Morgan fingerprint density at radius 2 is 1.78 bits per heavy atom. The van der Waals surface area contributed by atoms with E-state index in [1.165, 1.54) is 47.8 Å². The molecule has 1 fully saturated rings. The zero-order valence-corrected chi connectivity index (χ0v) is 13.8. The highest BCUT2D eigenvalue weighted by Gasteiger charge is 2.37. The van der Waals surface area contributed by atoms with E-state index >= 15 is 0 Å². The van der Waals surface area contributed by atoms with E-state index in [0.29, 0.717) is 6.04 Å². The van der Waals surface area contributed by atoms with Crippen LogP contribution in [0.3, 0.4) is 0 Å². The van der Waals surface area contributed by atoms with E-state index in [4.69, 9.17) is 0 Å². The van der Waals surface area contributed by atoms with Gasteiger partial charge in [-0.3, -0.25) is 0 Å². The number of aromatic amines is 1. The van der Waals surface area contributed by atoms with Crippen LogP contribution < -0.4 is 0 Å². The maximum absolute atomic E-state index is 3.48. The van der Waals surface area contributed by atoms with E-state index in [-0.39, 0.29) is 0 Å². The third-order valence-electron chi connectivity index (χ3n) is 5.52. The molecule has 2 heteroatoms. The second-order valence-electron chi connectivity index (χ2n) is 7.15. The quantitative estimate of drug-likeness (QED) is 0.653. The number of benzene rings is 2.